The quantitative estimate of drug-likeness (QED) is 0.200. The van der Waals surface area contributed by atoms with Gasteiger partial charge in [-0.05, 0) is 93.1 Å². The number of hydrogen-bond acceptors (Lipinski definition) is 7. The Kier molecular flexibility index (Phi) is 8.97. The van der Waals surface area contributed by atoms with Crippen molar-refractivity contribution in [2.45, 2.75) is 71.4 Å². The lowest BCUT2D eigenvalue weighted by Gasteiger charge is -2.22. The van der Waals surface area contributed by atoms with Crippen LogP contribution in [0.4, 0.5) is 4.79 Å². The summed E-state index contributed by atoms with van der Waals surface area (Å²) in [7, 11) is 0. The van der Waals surface area contributed by atoms with Gasteiger partial charge in [0, 0.05) is 37.3 Å². The van der Waals surface area contributed by atoms with E-state index in [1.807, 2.05) is 75.4 Å². The maximum absolute atomic E-state index is 12.0. The van der Waals surface area contributed by atoms with E-state index in [0.717, 1.165) is 55.1 Å². The standard InChI is InChI=1S/C35H43N3O5/c1-34(2,3)25-10-14-28(15-11-25)41-29-16-17-30-31(22-29)42-32(37-30)24-8-12-27(13-9-24)40-21-7-19-38-20-18-26(23-38)36-33(39)43-35(4,5)6/h8-17,22,26H,7,18-21,23H2,1-6H3,(H,36,39)/t26-/m0/s1. The molecule has 4 aromatic rings. The highest BCUT2D eigenvalue weighted by atomic mass is 16.6. The number of rotatable bonds is 9. The van der Waals surface area contributed by atoms with E-state index in [1.54, 1.807) is 0 Å². The van der Waals surface area contributed by atoms with Crippen LogP contribution in [0.25, 0.3) is 22.6 Å². The molecule has 0 saturated carbocycles. The Morgan fingerprint density at radius 2 is 1.65 bits per heavy atom. The van der Waals surface area contributed by atoms with Gasteiger partial charge >= 0.3 is 6.09 Å². The monoisotopic (exact) mass is 585 g/mol. The predicted octanol–water partition coefficient (Wildman–Crippen LogP) is 7.95. The molecule has 0 spiro atoms. The summed E-state index contributed by atoms with van der Waals surface area (Å²) in [5.41, 5.74) is 3.20. The summed E-state index contributed by atoms with van der Waals surface area (Å²) in [6, 6.07) is 21.8. The summed E-state index contributed by atoms with van der Waals surface area (Å²) in [6.07, 6.45) is 1.48. The number of hydrogen-bond donors (Lipinski definition) is 1. The van der Waals surface area contributed by atoms with Crippen LogP contribution in [-0.2, 0) is 10.2 Å². The Hall–Kier alpha value is -4.04. The van der Waals surface area contributed by atoms with Crippen molar-refractivity contribution in [2.24, 2.45) is 0 Å². The number of nitrogens with zero attached hydrogens (tertiary/aromatic N) is 2. The van der Waals surface area contributed by atoms with E-state index in [9.17, 15) is 4.79 Å². The van der Waals surface area contributed by atoms with Crippen molar-refractivity contribution in [1.82, 2.24) is 15.2 Å². The summed E-state index contributed by atoms with van der Waals surface area (Å²) < 4.78 is 23.5. The molecule has 0 radical (unpaired) electrons. The summed E-state index contributed by atoms with van der Waals surface area (Å²) in [6.45, 7) is 15.5. The van der Waals surface area contributed by atoms with Crippen molar-refractivity contribution < 1.29 is 23.4 Å². The zero-order valence-electron chi connectivity index (χ0n) is 26.1. The number of likely N-dealkylation sites (tertiary alicyclic amines) is 1. The Morgan fingerprint density at radius 3 is 2.35 bits per heavy atom. The van der Waals surface area contributed by atoms with Crippen LogP contribution in [0.1, 0.15) is 59.9 Å². The van der Waals surface area contributed by atoms with Crippen molar-refractivity contribution in [1.29, 1.82) is 0 Å². The number of benzene rings is 3. The molecule has 1 saturated heterocycles. The highest BCUT2D eigenvalue weighted by molar-refractivity contribution is 5.78. The number of ether oxygens (including phenoxy) is 3. The van der Waals surface area contributed by atoms with Crippen molar-refractivity contribution in [3.05, 3.63) is 72.3 Å². The highest BCUT2D eigenvalue weighted by Crippen LogP contribution is 2.31. The van der Waals surface area contributed by atoms with E-state index in [4.69, 9.17) is 18.6 Å². The molecule has 8 heteroatoms. The van der Waals surface area contributed by atoms with Gasteiger partial charge in [0.05, 0.1) is 6.61 Å². The molecule has 1 N–H and O–H groups in total. The molecule has 0 aliphatic carbocycles. The van der Waals surface area contributed by atoms with Crippen molar-refractivity contribution in [3.63, 3.8) is 0 Å². The topological polar surface area (TPSA) is 86.1 Å². The number of alkyl carbamates (subject to hydrolysis) is 1. The number of aromatic nitrogens is 1. The first-order valence-corrected chi connectivity index (χ1v) is 15.1. The lowest BCUT2D eigenvalue weighted by atomic mass is 9.87. The third-order valence-corrected chi connectivity index (χ3v) is 7.30. The molecule has 3 aromatic carbocycles. The first-order chi connectivity index (χ1) is 20.4. The summed E-state index contributed by atoms with van der Waals surface area (Å²) in [4.78, 5) is 19.0. The van der Waals surface area contributed by atoms with Crippen LogP contribution in [0.15, 0.2) is 71.1 Å². The molecule has 1 aliphatic heterocycles. The predicted molar refractivity (Wildman–Crippen MR) is 169 cm³/mol. The number of carbonyl (C=O) groups is 1. The Morgan fingerprint density at radius 1 is 0.953 bits per heavy atom. The zero-order valence-corrected chi connectivity index (χ0v) is 26.1. The molecule has 43 heavy (non-hydrogen) atoms. The largest absolute Gasteiger partial charge is 0.494 e. The van der Waals surface area contributed by atoms with E-state index >= 15 is 0 Å². The molecule has 1 fully saturated rings. The summed E-state index contributed by atoms with van der Waals surface area (Å²) in [5.74, 6) is 2.84. The van der Waals surface area contributed by atoms with E-state index in [1.165, 1.54) is 5.56 Å². The van der Waals surface area contributed by atoms with Crippen molar-refractivity contribution in [2.75, 3.05) is 26.2 Å². The second kappa shape index (κ2) is 12.7. The molecule has 1 aliphatic rings. The number of nitrogens with one attached hydrogen (secondary N) is 1. The Bertz CT molecular complexity index is 1510. The molecule has 1 aromatic heterocycles. The van der Waals surface area contributed by atoms with Crippen LogP contribution in [-0.4, -0.2) is 53.9 Å². The molecule has 2 heterocycles. The minimum absolute atomic E-state index is 0.0978. The second-order valence-electron chi connectivity index (χ2n) is 13.2. The van der Waals surface area contributed by atoms with Crippen LogP contribution < -0.4 is 14.8 Å². The molecule has 1 amide bonds. The normalized spacial score (nSPS) is 15.9. The number of oxazole rings is 1. The molecule has 5 rings (SSSR count). The fourth-order valence-electron chi connectivity index (χ4n) is 5.05. The number of carbonyl (C=O) groups excluding carboxylic acids is 1. The first-order valence-electron chi connectivity index (χ1n) is 15.1. The van der Waals surface area contributed by atoms with Gasteiger partial charge in [-0.3, -0.25) is 0 Å². The summed E-state index contributed by atoms with van der Waals surface area (Å²) >= 11 is 0. The molecular formula is C35H43N3O5. The van der Waals surface area contributed by atoms with Crippen LogP contribution in [0.2, 0.25) is 0 Å². The van der Waals surface area contributed by atoms with Gasteiger partial charge in [0.2, 0.25) is 5.89 Å². The maximum Gasteiger partial charge on any atom is 0.407 e. The van der Waals surface area contributed by atoms with Crippen LogP contribution in [0, 0.1) is 0 Å². The van der Waals surface area contributed by atoms with Gasteiger partial charge < -0.3 is 28.8 Å². The van der Waals surface area contributed by atoms with E-state index < -0.39 is 5.60 Å². The van der Waals surface area contributed by atoms with Crippen LogP contribution in [0.5, 0.6) is 17.2 Å². The highest BCUT2D eigenvalue weighted by Gasteiger charge is 2.25. The molecular weight excluding hydrogens is 542 g/mol. The minimum atomic E-state index is -0.486. The van der Waals surface area contributed by atoms with Crippen molar-refractivity contribution >= 4 is 17.2 Å². The minimum Gasteiger partial charge on any atom is -0.494 e. The van der Waals surface area contributed by atoms with Gasteiger partial charge in [-0.15, -0.1) is 0 Å². The third-order valence-electron chi connectivity index (χ3n) is 7.30. The Labute approximate surface area is 254 Å². The fourth-order valence-corrected chi connectivity index (χ4v) is 5.05. The SMILES string of the molecule is CC(C)(C)OC(=O)N[C@H]1CCN(CCCOc2ccc(-c3nc4ccc(Oc5ccc(C(C)(C)C)cc5)cc4o3)cc2)C1. The molecule has 228 valence electrons. The molecule has 1 atom stereocenters. The smallest absolute Gasteiger partial charge is 0.407 e. The lowest BCUT2D eigenvalue weighted by molar-refractivity contribution is 0.0505. The van der Waals surface area contributed by atoms with E-state index in [2.05, 4.69) is 48.1 Å². The third kappa shape index (κ3) is 8.51. The average molecular weight is 586 g/mol. The average Bonchev–Trinajstić information content (AvgIpc) is 3.56. The number of amides is 1. The van der Waals surface area contributed by atoms with Gasteiger partial charge in [-0.25, -0.2) is 9.78 Å². The molecule has 0 bridgehead atoms. The second-order valence-corrected chi connectivity index (χ2v) is 13.2. The van der Waals surface area contributed by atoms with Crippen molar-refractivity contribution in [3.8, 4) is 28.7 Å². The first kappa shape index (κ1) is 30.4. The van der Waals surface area contributed by atoms with Gasteiger partial charge in [0.25, 0.3) is 0 Å². The van der Waals surface area contributed by atoms with E-state index in [0.29, 0.717) is 23.8 Å². The van der Waals surface area contributed by atoms with Crippen LogP contribution in [0.3, 0.4) is 0 Å². The van der Waals surface area contributed by atoms with Gasteiger partial charge in [-0.2, -0.15) is 0 Å². The zero-order chi connectivity index (χ0) is 30.6. The van der Waals surface area contributed by atoms with Crippen LogP contribution >= 0.6 is 0 Å². The molecule has 8 nitrogen and oxygen atoms in total. The van der Waals surface area contributed by atoms with Gasteiger partial charge in [0.1, 0.15) is 28.4 Å². The Balaban J connectivity index is 1.08. The number of fused-ring (bicyclic) bond motifs is 1. The molecule has 0 unspecified atom stereocenters. The summed E-state index contributed by atoms with van der Waals surface area (Å²) in [5, 5.41) is 2.97. The maximum atomic E-state index is 12.0. The van der Waals surface area contributed by atoms with E-state index in [-0.39, 0.29) is 17.6 Å². The lowest BCUT2D eigenvalue weighted by Crippen LogP contribution is -2.40. The van der Waals surface area contributed by atoms with Gasteiger partial charge in [-0.1, -0.05) is 32.9 Å². The van der Waals surface area contributed by atoms with Gasteiger partial charge in [0.15, 0.2) is 5.58 Å². The fraction of sp³-hybridized carbons (Fsp3) is 0.429.